The minimum atomic E-state index is -4.38. The van der Waals surface area contributed by atoms with Crippen LogP contribution in [0.25, 0.3) is 0 Å². The Labute approximate surface area is 151 Å². The van der Waals surface area contributed by atoms with E-state index in [1.54, 1.807) is 4.90 Å². The van der Waals surface area contributed by atoms with Crippen LogP contribution in [0.1, 0.15) is 50.7 Å². The molecule has 1 aliphatic carbocycles. The SMILES string of the molecule is CCN(Cc1ccc(C(F)(F)F)cc1)C(=O)[C@@H](CC1CCC1)NC(C)=O. The summed E-state index contributed by atoms with van der Waals surface area (Å²) in [5.74, 6) is 0.00308. The Bertz CT molecular complexity index is 625. The summed E-state index contributed by atoms with van der Waals surface area (Å²) in [6, 6.07) is 4.24. The first-order chi connectivity index (χ1) is 12.2. The van der Waals surface area contributed by atoms with Crippen molar-refractivity contribution in [3.8, 4) is 0 Å². The van der Waals surface area contributed by atoms with Gasteiger partial charge in [0.05, 0.1) is 5.56 Å². The molecule has 144 valence electrons. The first-order valence-electron chi connectivity index (χ1n) is 8.92. The average molecular weight is 370 g/mol. The van der Waals surface area contributed by atoms with E-state index in [2.05, 4.69) is 5.32 Å². The lowest BCUT2D eigenvalue weighted by atomic mass is 9.80. The molecule has 4 nitrogen and oxygen atoms in total. The maximum absolute atomic E-state index is 12.8. The van der Waals surface area contributed by atoms with Gasteiger partial charge in [-0.05, 0) is 37.0 Å². The summed E-state index contributed by atoms with van der Waals surface area (Å²) in [5, 5.41) is 2.73. The monoisotopic (exact) mass is 370 g/mol. The summed E-state index contributed by atoms with van der Waals surface area (Å²) >= 11 is 0. The number of nitrogens with zero attached hydrogens (tertiary/aromatic N) is 1. The third-order valence-corrected chi connectivity index (χ3v) is 4.82. The third kappa shape index (κ3) is 5.47. The lowest BCUT2D eigenvalue weighted by molar-refractivity contribution is -0.138. The lowest BCUT2D eigenvalue weighted by Crippen LogP contribution is -2.49. The van der Waals surface area contributed by atoms with Crippen LogP contribution < -0.4 is 5.32 Å². The maximum atomic E-state index is 12.8. The first-order valence-corrected chi connectivity index (χ1v) is 8.92. The number of nitrogens with one attached hydrogen (secondary N) is 1. The van der Waals surface area contributed by atoms with Crippen molar-refractivity contribution >= 4 is 11.8 Å². The van der Waals surface area contributed by atoms with E-state index in [4.69, 9.17) is 0 Å². The highest BCUT2D eigenvalue weighted by atomic mass is 19.4. The summed E-state index contributed by atoms with van der Waals surface area (Å²) in [6.45, 7) is 3.83. The van der Waals surface area contributed by atoms with Crippen molar-refractivity contribution in [3.63, 3.8) is 0 Å². The average Bonchev–Trinajstić information content (AvgIpc) is 2.53. The summed E-state index contributed by atoms with van der Waals surface area (Å²) < 4.78 is 38.0. The Balaban J connectivity index is 2.06. The molecule has 1 aromatic rings. The molecule has 0 heterocycles. The number of halogens is 3. The molecule has 0 aliphatic heterocycles. The topological polar surface area (TPSA) is 49.4 Å². The van der Waals surface area contributed by atoms with Crippen LogP contribution in [0.5, 0.6) is 0 Å². The van der Waals surface area contributed by atoms with Gasteiger partial charge in [-0.25, -0.2) is 0 Å². The van der Waals surface area contributed by atoms with Gasteiger partial charge in [-0.15, -0.1) is 0 Å². The summed E-state index contributed by atoms with van der Waals surface area (Å²) in [5.41, 5.74) is -0.0878. The van der Waals surface area contributed by atoms with Crippen LogP contribution in [0.2, 0.25) is 0 Å². The van der Waals surface area contributed by atoms with E-state index in [-0.39, 0.29) is 18.4 Å². The van der Waals surface area contributed by atoms with E-state index in [1.165, 1.54) is 19.1 Å². The molecule has 2 amide bonds. The summed E-state index contributed by atoms with van der Waals surface area (Å²) in [4.78, 5) is 25.9. The number of carbonyl (C=O) groups excluding carboxylic acids is 2. The highest BCUT2D eigenvalue weighted by molar-refractivity contribution is 5.86. The molecule has 0 unspecified atom stereocenters. The molecule has 1 atom stereocenters. The Hall–Kier alpha value is -2.05. The fraction of sp³-hybridized carbons (Fsp3) is 0.579. The van der Waals surface area contributed by atoms with Crippen molar-refractivity contribution in [1.82, 2.24) is 10.2 Å². The van der Waals surface area contributed by atoms with Crippen LogP contribution in [-0.4, -0.2) is 29.3 Å². The second-order valence-corrected chi connectivity index (χ2v) is 6.83. The van der Waals surface area contributed by atoms with Crippen LogP contribution in [0.4, 0.5) is 13.2 Å². The fourth-order valence-electron chi connectivity index (χ4n) is 3.11. The van der Waals surface area contributed by atoms with Gasteiger partial charge in [-0.3, -0.25) is 9.59 Å². The largest absolute Gasteiger partial charge is 0.416 e. The number of hydrogen-bond acceptors (Lipinski definition) is 2. The van der Waals surface area contributed by atoms with E-state index < -0.39 is 17.8 Å². The number of hydrogen-bond donors (Lipinski definition) is 1. The van der Waals surface area contributed by atoms with E-state index in [0.717, 1.165) is 31.4 Å². The van der Waals surface area contributed by atoms with Gasteiger partial charge < -0.3 is 10.2 Å². The predicted molar refractivity (Wildman–Crippen MR) is 92.1 cm³/mol. The van der Waals surface area contributed by atoms with Crippen molar-refractivity contribution < 1.29 is 22.8 Å². The van der Waals surface area contributed by atoms with E-state index in [1.807, 2.05) is 6.92 Å². The lowest BCUT2D eigenvalue weighted by Gasteiger charge is -2.32. The van der Waals surface area contributed by atoms with Gasteiger partial charge in [0.2, 0.25) is 11.8 Å². The molecule has 1 N–H and O–H groups in total. The Kier molecular flexibility index (Phi) is 6.67. The first kappa shape index (κ1) is 20.3. The summed E-state index contributed by atoms with van der Waals surface area (Å²) in [7, 11) is 0. The summed E-state index contributed by atoms with van der Waals surface area (Å²) in [6.07, 6.45) is -0.489. The Morgan fingerprint density at radius 2 is 1.85 bits per heavy atom. The molecular formula is C19H25F3N2O2. The molecule has 0 bridgehead atoms. The smallest absolute Gasteiger partial charge is 0.345 e. The van der Waals surface area contributed by atoms with Gasteiger partial charge >= 0.3 is 6.18 Å². The number of amides is 2. The minimum Gasteiger partial charge on any atom is -0.345 e. The predicted octanol–water partition coefficient (Wildman–Crippen LogP) is 3.75. The van der Waals surface area contributed by atoms with Crippen LogP contribution in [0.3, 0.4) is 0 Å². The van der Waals surface area contributed by atoms with Gasteiger partial charge in [-0.2, -0.15) is 13.2 Å². The van der Waals surface area contributed by atoms with E-state index in [9.17, 15) is 22.8 Å². The van der Waals surface area contributed by atoms with Crippen molar-refractivity contribution in [2.45, 2.75) is 58.3 Å². The van der Waals surface area contributed by atoms with Crippen molar-refractivity contribution in [1.29, 1.82) is 0 Å². The Morgan fingerprint density at radius 3 is 2.27 bits per heavy atom. The third-order valence-electron chi connectivity index (χ3n) is 4.82. The normalized spacial score (nSPS) is 15.9. The molecule has 0 saturated heterocycles. The highest BCUT2D eigenvalue weighted by Crippen LogP contribution is 2.31. The van der Waals surface area contributed by atoms with Crippen LogP contribution >= 0.6 is 0 Å². The number of alkyl halides is 3. The standard InChI is InChI=1S/C19H25F3N2O2/c1-3-24(12-15-7-9-16(10-8-15)19(20,21)22)18(26)17(23-13(2)25)11-14-5-4-6-14/h7-10,14,17H,3-6,11-12H2,1-2H3,(H,23,25)/t17-/m1/s1. The highest BCUT2D eigenvalue weighted by Gasteiger charge is 2.31. The van der Waals surface area contributed by atoms with Gasteiger partial charge in [0, 0.05) is 20.0 Å². The zero-order chi connectivity index (χ0) is 19.3. The molecule has 26 heavy (non-hydrogen) atoms. The molecule has 1 aromatic carbocycles. The minimum absolute atomic E-state index is 0.186. The molecule has 0 radical (unpaired) electrons. The number of benzene rings is 1. The van der Waals surface area contributed by atoms with Gasteiger partial charge in [0.25, 0.3) is 0 Å². The van der Waals surface area contributed by atoms with Gasteiger partial charge in [0.15, 0.2) is 0 Å². The second-order valence-electron chi connectivity index (χ2n) is 6.83. The zero-order valence-corrected chi connectivity index (χ0v) is 15.1. The Morgan fingerprint density at radius 1 is 1.23 bits per heavy atom. The fourth-order valence-corrected chi connectivity index (χ4v) is 3.11. The zero-order valence-electron chi connectivity index (χ0n) is 15.1. The maximum Gasteiger partial charge on any atom is 0.416 e. The molecule has 2 rings (SSSR count). The quantitative estimate of drug-likeness (QED) is 0.795. The molecule has 0 spiro atoms. The molecule has 1 fully saturated rings. The van der Waals surface area contributed by atoms with Gasteiger partial charge in [-0.1, -0.05) is 31.4 Å². The van der Waals surface area contributed by atoms with Crippen LogP contribution in [-0.2, 0) is 22.3 Å². The number of likely N-dealkylation sites (N-methyl/N-ethyl adjacent to an activating group) is 1. The molecule has 7 heteroatoms. The van der Waals surface area contributed by atoms with Crippen molar-refractivity contribution in [2.75, 3.05) is 6.54 Å². The molecular weight excluding hydrogens is 345 g/mol. The van der Waals surface area contributed by atoms with Crippen molar-refractivity contribution in [2.24, 2.45) is 5.92 Å². The van der Waals surface area contributed by atoms with Crippen molar-refractivity contribution in [3.05, 3.63) is 35.4 Å². The number of carbonyl (C=O) groups is 2. The molecule has 1 aliphatic rings. The second kappa shape index (κ2) is 8.56. The van der Waals surface area contributed by atoms with E-state index >= 15 is 0 Å². The van der Waals surface area contributed by atoms with Crippen LogP contribution in [0, 0.1) is 5.92 Å². The van der Waals surface area contributed by atoms with E-state index in [0.29, 0.717) is 24.4 Å². The number of rotatable bonds is 7. The molecule has 1 saturated carbocycles. The van der Waals surface area contributed by atoms with Crippen LogP contribution in [0.15, 0.2) is 24.3 Å². The molecule has 0 aromatic heterocycles. The van der Waals surface area contributed by atoms with Gasteiger partial charge in [0.1, 0.15) is 6.04 Å².